The van der Waals surface area contributed by atoms with E-state index in [1.165, 1.54) is 10.8 Å². The lowest BCUT2D eigenvalue weighted by Gasteiger charge is -2.26. The number of aromatic nitrogens is 1. The number of hydrogen-bond donors (Lipinski definition) is 1. The third-order valence-electron chi connectivity index (χ3n) is 11.6. The summed E-state index contributed by atoms with van der Waals surface area (Å²) in [5, 5.41) is 10.3. The number of allylic oxidation sites excluding steroid dienone is 3. The maximum atomic E-state index is 6.60. The van der Waals surface area contributed by atoms with Crippen molar-refractivity contribution in [2.45, 2.75) is 12.6 Å². The standard InChI is InChI=1S/C51H34N4O2/c1-3-13-31(14-4-1)49-52-50(32-15-5-2-6-16-32)54-51(53-49)34-26-28-43-39(29-34)38-27-25-33(30-46(38)56-43)35-19-11-23-44-47(35)48-42(22-12-24-45(48)57-44)55-40-20-9-7-17-36(40)37-18-8-10-21-41(37)55/h1-15,17-30,32,49H,16H2,(H,52,53,54). The Balaban J connectivity index is 0.986. The highest BCUT2D eigenvalue weighted by Gasteiger charge is 2.25. The first-order valence-corrected chi connectivity index (χ1v) is 19.5. The van der Waals surface area contributed by atoms with Crippen molar-refractivity contribution in [3.05, 3.63) is 187 Å². The van der Waals surface area contributed by atoms with Crippen LogP contribution in [-0.4, -0.2) is 16.2 Å². The van der Waals surface area contributed by atoms with Gasteiger partial charge in [-0.25, -0.2) is 9.98 Å². The average molecular weight is 735 g/mol. The van der Waals surface area contributed by atoms with Gasteiger partial charge in [-0.05, 0) is 83.8 Å². The number of benzene rings is 7. The van der Waals surface area contributed by atoms with Gasteiger partial charge in [-0.1, -0.05) is 115 Å². The van der Waals surface area contributed by atoms with E-state index in [1.807, 2.05) is 6.07 Å². The molecule has 7 aromatic carbocycles. The fourth-order valence-electron chi connectivity index (χ4n) is 8.91. The van der Waals surface area contributed by atoms with E-state index in [1.54, 1.807) is 0 Å². The Morgan fingerprint density at radius 2 is 1.30 bits per heavy atom. The summed E-state index contributed by atoms with van der Waals surface area (Å²) in [7, 11) is 0. The molecule has 0 saturated heterocycles. The Labute approximate surface area is 327 Å². The van der Waals surface area contributed by atoms with E-state index in [-0.39, 0.29) is 12.1 Å². The number of hydrogen-bond acceptors (Lipinski definition) is 5. The lowest BCUT2D eigenvalue weighted by atomic mass is 9.97. The van der Waals surface area contributed by atoms with Gasteiger partial charge in [-0.15, -0.1) is 0 Å². The molecule has 2 atom stereocenters. The van der Waals surface area contributed by atoms with Gasteiger partial charge in [0.15, 0.2) is 0 Å². The van der Waals surface area contributed by atoms with Crippen LogP contribution >= 0.6 is 0 Å². The maximum absolute atomic E-state index is 6.60. The summed E-state index contributed by atoms with van der Waals surface area (Å²) in [6, 6.07) is 53.2. The van der Waals surface area contributed by atoms with Gasteiger partial charge in [0.05, 0.1) is 22.1 Å². The maximum Gasteiger partial charge on any atom is 0.147 e. The predicted molar refractivity (Wildman–Crippen MR) is 233 cm³/mol. The number of amidine groups is 2. The molecule has 2 unspecified atom stereocenters. The van der Waals surface area contributed by atoms with Gasteiger partial charge >= 0.3 is 0 Å². The van der Waals surface area contributed by atoms with E-state index in [0.717, 1.165) is 101 Å². The summed E-state index contributed by atoms with van der Waals surface area (Å²) in [6.45, 7) is 0. The molecule has 1 N–H and O–H groups in total. The topological polar surface area (TPSA) is 68.0 Å². The largest absolute Gasteiger partial charge is 0.456 e. The molecule has 0 spiro atoms. The van der Waals surface area contributed by atoms with Crippen LogP contribution < -0.4 is 5.32 Å². The van der Waals surface area contributed by atoms with E-state index >= 15 is 0 Å². The molecule has 1 aliphatic heterocycles. The van der Waals surface area contributed by atoms with Crippen LogP contribution in [-0.2, 0) is 0 Å². The smallest absolute Gasteiger partial charge is 0.147 e. The van der Waals surface area contributed by atoms with Crippen LogP contribution in [0.25, 0.3) is 82.5 Å². The van der Waals surface area contributed by atoms with Crippen LogP contribution in [0.5, 0.6) is 0 Å². The van der Waals surface area contributed by atoms with Crippen molar-refractivity contribution < 1.29 is 8.83 Å². The molecular weight excluding hydrogens is 701 g/mol. The van der Waals surface area contributed by atoms with Crippen LogP contribution in [0.2, 0.25) is 0 Å². The first-order chi connectivity index (χ1) is 28.2. The molecule has 0 bridgehead atoms. The lowest BCUT2D eigenvalue weighted by molar-refractivity contribution is 0.658. The third kappa shape index (κ3) is 5.04. The van der Waals surface area contributed by atoms with Crippen molar-refractivity contribution in [2.75, 3.05) is 0 Å². The molecule has 12 rings (SSSR count). The fourth-order valence-corrected chi connectivity index (χ4v) is 8.91. The summed E-state index contributed by atoms with van der Waals surface area (Å²) >= 11 is 0. The molecule has 0 radical (unpaired) electrons. The van der Waals surface area contributed by atoms with Gasteiger partial charge in [0, 0.05) is 38.4 Å². The van der Waals surface area contributed by atoms with E-state index in [4.69, 9.17) is 18.8 Å². The second kappa shape index (κ2) is 12.5. The first kappa shape index (κ1) is 31.9. The molecule has 57 heavy (non-hydrogen) atoms. The van der Waals surface area contributed by atoms with Crippen molar-refractivity contribution in [2.24, 2.45) is 15.9 Å². The Bertz CT molecular complexity index is 3320. The van der Waals surface area contributed by atoms with Crippen LogP contribution in [0.15, 0.2) is 195 Å². The molecule has 3 aromatic heterocycles. The van der Waals surface area contributed by atoms with Crippen molar-refractivity contribution >= 4 is 77.4 Å². The minimum atomic E-state index is -0.232. The number of nitrogens with one attached hydrogen (secondary N) is 1. The molecule has 2 aliphatic rings. The minimum absolute atomic E-state index is 0.130. The number of furan rings is 2. The zero-order valence-corrected chi connectivity index (χ0v) is 30.8. The molecule has 4 heterocycles. The highest BCUT2D eigenvalue weighted by molar-refractivity contribution is 6.19. The minimum Gasteiger partial charge on any atom is -0.456 e. The first-order valence-electron chi connectivity index (χ1n) is 19.5. The van der Waals surface area contributed by atoms with E-state index in [9.17, 15) is 0 Å². The molecule has 270 valence electrons. The molecule has 0 fully saturated rings. The number of nitrogens with zero attached hydrogens (tertiary/aromatic N) is 3. The van der Waals surface area contributed by atoms with Crippen molar-refractivity contribution in [3.8, 4) is 16.8 Å². The van der Waals surface area contributed by atoms with E-state index in [2.05, 4.69) is 180 Å². The van der Waals surface area contributed by atoms with Gasteiger partial charge < -0.3 is 18.7 Å². The summed E-state index contributed by atoms with van der Waals surface area (Å²) in [6.07, 6.45) is 9.19. The zero-order chi connectivity index (χ0) is 37.5. The summed E-state index contributed by atoms with van der Waals surface area (Å²) in [5.41, 5.74) is 11.0. The fraction of sp³-hybridized carbons (Fsp3) is 0.0588. The normalized spacial score (nSPS) is 16.9. The van der Waals surface area contributed by atoms with Crippen molar-refractivity contribution in [3.63, 3.8) is 0 Å². The molecule has 6 nitrogen and oxygen atoms in total. The number of para-hydroxylation sites is 2. The summed E-state index contributed by atoms with van der Waals surface area (Å²) in [4.78, 5) is 10.2. The van der Waals surface area contributed by atoms with Crippen molar-refractivity contribution in [1.82, 2.24) is 9.88 Å². The molecular formula is C51H34N4O2. The molecule has 6 heteroatoms. The SMILES string of the molecule is C1=CCC(C2=NC(c3ccccc3)NC(c3ccc4oc5cc(-c6cccc7oc8cccc(-n9c%10ccccc%10c%10ccccc%109)c8c67)ccc5c4c3)=N2)C=C1. The molecule has 1 aliphatic carbocycles. The van der Waals surface area contributed by atoms with Crippen molar-refractivity contribution in [1.29, 1.82) is 0 Å². The van der Waals surface area contributed by atoms with E-state index < -0.39 is 0 Å². The second-order valence-electron chi connectivity index (χ2n) is 14.9. The van der Waals surface area contributed by atoms with Crippen LogP contribution in [0.1, 0.15) is 23.7 Å². The summed E-state index contributed by atoms with van der Waals surface area (Å²) in [5.74, 6) is 1.77. The average Bonchev–Trinajstić information content (AvgIpc) is 3.96. The lowest BCUT2D eigenvalue weighted by Crippen LogP contribution is -2.35. The van der Waals surface area contributed by atoms with Gasteiger partial charge in [-0.3, -0.25) is 0 Å². The highest BCUT2D eigenvalue weighted by atomic mass is 16.3. The number of rotatable bonds is 5. The zero-order valence-electron chi connectivity index (χ0n) is 30.8. The van der Waals surface area contributed by atoms with Gasteiger partial charge in [0.25, 0.3) is 0 Å². The third-order valence-corrected chi connectivity index (χ3v) is 11.6. The van der Waals surface area contributed by atoms with Gasteiger partial charge in [0.2, 0.25) is 0 Å². The monoisotopic (exact) mass is 734 g/mol. The summed E-state index contributed by atoms with van der Waals surface area (Å²) < 4.78 is 15.6. The van der Waals surface area contributed by atoms with E-state index in [0.29, 0.717) is 0 Å². The Hall–Kier alpha value is -7.44. The van der Waals surface area contributed by atoms with Crippen LogP contribution in [0, 0.1) is 5.92 Å². The van der Waals surface area contributed by atoms with Gasteiger partial charge in [-0.2, -0.15) is 0 Å². The van der Waals surface area contributed by atoms with Gasteiger partial charge in [0.1, 0.15) is 40.2 Å². The Morgan fingerprint density at radius 3 is 2.11 bits per heavy atom. The Morgan fingerprint density at radius 1 is 0.561 bits per heavy atom. The molecule has 10 aromatic rings. The molecule has 0 saturated carbocycles. The quantitative estimate of drug-likeness (QED) is 0.191. The predicted octanol–water partition coefficient (Wildman–Crippen LogP) is 12.8. The van der Waals surface area contributed by atoms with Crippen LogP contribution in [0.3, 0.4) is 0 Å². The highest BCUT2D eigenvalue weighted by Crippen LogP contribution is 2.43. The molecule has 0 amide bonds. The number of aliphatic imine (C=N–C) groups is 2. The van der Waals surface area contributed by atoms with Crippen LogP contribution in [0.4, 0.5) is 0 Å². The second-order valence-corrected chi connectivity index (χ2v) is 14.9. The Kier molecular flexibility index (Phi) is 7.01. The number of fused-ring (bicyclic) bond motifs is 9.